The van der Waals surface area contributed by atoms with Gasteiger partial charge < -0.3 is 0 Å². The van der Waals surface area contributed by atoms with Crippen LogP contribution in [0.3, 0.4) is 0 Å². The van der Waals surface area contributed by atoms with Gasteiger partial charge in [-0.1, -0.05) is 18.2 Å². The molecule has 0 saturated heterocycles. The van der Waals surface area contributed by atoms with E-state index in [9.17, 15) is 10.1 Å². The zero-order valence-electron chi connectivity index (χ0n) is 11.2. The zero-order chi connectivity index (χ0) is 15.1. The second kappa shape index (κ2) is 4.59. The number of para-hydroxylation sites is 2. The molecule has 0 aliphatic carbocycles. The largest absolute Gasteiger partial charge is 0.282 e. The van der Waals surface area contributed by atoms with Gasteiger partial charge in [-0.2, -0.15) is 0 Å². The van der Waals surface area contributed by atoms with Crippen LogP contribution >= 0.6 is 0 Å². The Morgan fingerprint density at radius 3 is 2.55 bits per heavy atom. The zero-order valence-corrected chi connectivity index (χ0v) is 11.2. The predicted octanol–water partition coefficient (Wildman–Crippen LogP) is 2.88. The summed E-state index contributed by atoms with van der Waals surface area (Å²) in [5.41, 5.74) is 3.24. The normalized spacial score (nSPS) is 11.1. The van der Waals surface area contributed by atoms with Gasteiger partial charge in [-0.3, -0.25) is 14.7 Å². The van der Waals surface area contributed by atoms with Gasteiger partial charge in [0.15, 0.2) is 11.3 Å². The summed E-state index contributed by atoms with van der Waals surface area (Å²) >= 11 is 0. The molecule has 0 saturated carbocycles. The molecule has 0 spiro atoms. The number of benzene rings is 2. The highest BCUT2D eigenvalue weighted by molar-refractivity contribution is 5.83. The van der Waals surface area contributed by atoms with E-state index in [-0.39, 0.29) is 5.69 Å². The van der Waals surface area contributed by atoms with Crippen molar-refractivity contribution in [2.75, 3.05) is 0 Å². The van der Waals surface area contributed by atoms with Gasteiger partial charge in [0.05, 0.1) is 21.6 Å². The molecule has 2 aromatic heterocycles. The molecular formula is C15H9N5O2. The van der Waals surface area contributed by atoms with Gasteiger partial charge in [-0.15, -0.1) is 0 Å². The van der Waals surface area contributed by atoms with Crippen LogP contribution in [-0.2, 0) is 0 Å². The smallest absolute Gasteiger partial charge is 0.271 e. The Morgan fingerprint density at radius 2 is 1.77 bits per heavy atom. The lowest BCUT2D eigenvalue weighted by Crippen LogP contribution is -1.96. The average Bonchev–Trinajstić information content (AvgIpc) is 2.95. The molecule has 0 radical (unpaired) electrons. The number of aromatic nitrogens is 4. The van der Waals surface area contributed by atoms with Gasteiger partial charge in [-0.05, 0) is 18.2 Å². The topological polar surface area (TPSA) is 86.7 Å². The van der Waals surface area contributed by atoms with E-state index in [1.807, 2.05) is 24.3 Å². The van der Waals surface area contributed by atoms with E-state index in [2.05, 4.69) is 15.0 Å². The maximum atomic E-state index is 10.9. The summed E-state index contributed by atoms with van der Waals surface area (Å²) in [5.74, 6) is 0. The Kier molecular flexibility index (Phi) is 2.59. The minimum Gasteiger partial charge on any atom is -0.282 e. The fourth-order valence-electron chi connectivity index (χ4n) is 2.34. The van der Waals surface area contributed by atoms with Crippen molar-refractivity contribution in [1.82, 2.24) is 19.5 Å². The third kappa shape index (κ3) is 1.87. The summed E-state index contributed by atoms with van der Waals surface area (Å²) in [6.45, 7) is 0. The second-order valence-corrected chi connectivity index (χ2v) is 4.75. The number of fused-ring (bicyclic) bond motifs is 2. The predicted molar refractivity (Wildman–Crippen MR) is 80.8 cm³/mol. The molecule has 2 heterocycles. The Bertz CT molecular complexity index is 1020. The molecule has 7 heteroatoms. The van der Waals surface area contributed by atoms with E-state index in [0.29, 0.717) is 17.0 Å². The SMILES string of the molecule is O=[N+]([O-])c1cccc(-n2cnc3nc4ccccc4nc32)c1. The number of nitro groups is 1. The third-order valence-electron chi connectivity index (χ3n) is 3.38. The number of rotatable bonds is 2. The monoisotopic (exact) mass is 291 g/mol. The first-order valence-corrected chi connectivity index (χ1v) is 6.57. The molecule has 0 fully saturated rings. The first-order chi connectivity index (χ1) is 10.7. The maximum absolute atomic E-state index is 10.9. The Balaban J connectivity index is 1.97. The van der Waals surface area contributed by atoms with Crippen molar-refractivity contribution in [2.45, 2.75) is 0 Å². The van der Waals surface area contributed by atoms with Crippen molar-refractivity contribution in [3.8, 4) is 5.69 Å². The minimum absolute atomic E-state index is 0.0214. The van der Waals surface area contributed by atoms with Gasteiger partial charge in [0.1, 0.15) is 6.33 Å². The molecule has 106 valence electrons. The molecule has 22 heavy (non-hydrogen) atoms. The van der Waals surface area contributed by atoms with Crippen molar-refractivity contribution in [2.24, 2.45) is 0 Å². The van der Waals surface area contributed by atoms with Crippen LogP contribution in [0.1, 0.15) is 0 Å². The fraction of sp³-hybridized carbons (Fsp3) is 0. The molecule has 4 aromatic rings. The standard InChI is InChI=1S/C15H9N5O2/c21-20(22)11-5-3-4-10(8-11)19-9-16-14-15(19)18-13-7-2-1-6-12(13)17-14/h1-9H. The summed E-state index contributed by atoms with van der Waals surface area (Å²) in [5, 5.41) is 10.9. The summed E-state index contributed by atoms with van der Waals surface area (Å²) in [7, 11) is 0. The maximum Gasteiger partial charge on any atom is 0.271 e. The quantitative estimate of drug-likeness (QED) is 0.418. The van der Waals surface area contributed by atoms with Crippen LogP contribution < -0.4 is 0 Å². The average molecular weight is 291 g/mol. The Morgan fingerprint density at radius 1 is 1.00 bits per heavy atom. The highest BCUT2D eigenvalue weighted by Gasteiger charge is 2.12. The molecule has 0 amide bonds. The van der Waals surface area contributed by atoms with Gasteiger partial charge in [0.25, 0.3) is 5.69 Å². The van der Waals surface area contributed by atoms with Crippen molar-refractivity contribution in [1.29, 1.82) is 0 Å². The van der Waals surface area contributed by atoms with E-state index in [0.717, 1.165) is 11.0 Å². The van der Waals surface area contributed by atoms with Crippen LogP contribution in [0, 0.1) is 10.1 Å². The van der Waals surface area contributed by atoms with Crippen LogP contribution in [0.25, 0.3) is 28.0 Å². The number of non-ortho nitro benzene ring substituents is 1. The van der Waals surface area contributed by atoms with E-state index in [4.69, 9.17) is 0 Å². The molecule has 0 aliphatic rings. The first-order valence-electron chi connectivity index (χ1n) is 6.57. The van der Waals surface area contributed by atoms with Crippen molar-refractivity contribution >= 4 is 28.0 Å². The number of nitro benzene ring substituents is 1. The van der Waals surface area contributed by atoms with Crippen LogP contribution in [0.5, 0.6) is 0 Å². The number of nitrogens with zero attached hydrogens (tertiary/aromatic N) is 5. The van der Waals surface area contributed by atoms with Gasteiger partial charge in [0, 0.05) is 12.1 Å². The van der Waals surface area contributed by atoms with Crippen LogP contribution in [0.4, 0.5) is 5.69 Å². The molecule has 0 aliphatic heterocycles. The van der Waals surface area contributed by atoms with Gasteiger partial charge in [0.2, 0.25) is 0 Å². The van der Waals surface area contributed by atoms with Crippen LogP contribution in [0.15, 0.2) is 54.9 Å². The van der Waals surface area contributed by atoms with Crippen LogP contribution in [-0.4, -0.2) is 24.4 Å². The first kappa shape index (κ1) is 12.4. The van der Waals surface area contributed by atoms with Crippen molar-refractivity contribution in [3.05, 3.63) is 65.0 Å². The lowest BCUT2D eigenvalue weighted by molar-refractivity contribution is -0.384. The highest BCUT2D eigenvalue weighted by Crippen LogP contribution is 2.21. The van der Waals surface area contributed by atoms with Gasteiger partial charge >= 0.3 is 0 Å². The second-order valence-electron chi connectivity index (χ2n) is 4.75. The number of hydrogen-bond donors (Lipinski definition) is 0. The molecule has 0 unspecified atom stereocenters. The molecule has 7 nitrogen and oxygen atoms in total. The number of hydrogen-bond acceptors (Lipinski definition) is 5. The fourth-order valence-corrected chi connectivity index (χ4v) is 2.34. The van der Waals surface area contributed by atoms with Crippen molar-refractivity contribution in [3.63, 3.8) is 0 Å². The minimum atomic E-state index is -0.427. The van der Waals surface area contributed by atoms with E-state index in [1.54, 1.807) is 23.0 Å². The van der Waals surface area contributed by atoms with Crippen LogP contribution in [0.2, 0.25) is 0 Å². The summed E-state index contributed by atoms with van der Waals surface area (Å²) in [6, 6.07) is 13.8. The van der Waals surface area contributed by atoms with Gasteiger partial charge in [-0.25, -0.2) is 15.0 Å². The van der Waals surface area contributed by atoms with Crippen molar-refractivity contribution < 1.29 is 4.92 Å². The van der Waals surface area contributed by atoms with E-state index in [1.165, 1.54) is 12.1 Å². The highest BCUT2D eigenvalue weighted by atomic mass is 16.6. The summed E-state index contributed by atoms with van der Waals surface area (Å²) in [6.07, 6.45) is 1.57. The molecule has 4 rings (SSSR count). The Hall–Kier alpha value is -3.35. The molecule has 0 atom stereocenters. The van der Waals surface area contributed by atoms with E-state index >= 15 is 0 Å². The lowest BCUT2D eigenvalue weighted by Gasteiger charge is -2.03. The summed E-state index contributed by atoms with van der Waals surface area (Å²) in [4.78, 5) is 23.7. The molecule has 0 N–H and O–H groups in total. The lowest BCUT2D eigenvalue weighted by atomic mass is 10.3. The number of imidazole rings is 1. The third-order valence-corrected chi connectivity index (χ3v) is 3.38. The summed E-state index contributed by atoms with van der Waals surface area (Å²) < 4.78 is 1.70. The van der Waals surface area contributed by atoms with E-state index < -0.39 is 4.92 Å². The molecule has 2 aromatic carbocycles. The molecule has 0 bridgehead atoms. The molecular weight excluding hydrogens is 282 g/mol. The Labute approximate surface area is 124 Å².